The summed E-state index contributed by atoms with van der Waals surface area (Å²) in [6.45, 7) is 1.72. The average Bonchev–Trinajstić information content (AvgIpc) is 2.12. The van der Waals surface area contributed by atoms with Crippen molar-refractivity contribution in [1.29, 1.82) is 0 Å². The summed E-state index contributed by atoms with van der Waals surface area (Å²) in [5, 5.41) is 2.97. The van der Waals surface area contributed by atoms with Crippen molar-refractivity contribution < 1.29 is 13.5 Å². The highest BCUT2D eigenvalue weighted by Gasteiger charge is 2.21. The lowest BCUT2D eigenvalue weighted by molar-refractivity contribution is -0.0493. The fourth-order valence-electron chi connectivity index (χ4n) is 0.934. The van der Waals surface area contributed by atoms with Crippen molar-refractivity contribution >= 4 is 0 Å². The lowest BCUT2D eigenvalue weighted by Crippen LogP contribution is -2.22. The molecule has 0 aromatic rings. The molecule has 1 aliphatic rings. The largest absolute Gasteiger partial charge is 0.371 e. The van der Waals surface area contributed by atoms with Gasteiger partial charge in [0, 0.05) is 6.54 Å². The highest BCUT2D eigenvalue weighted by Crippen LogP contribution is 2.10. The van der Waals surface area contributed by atoms with Gasteiger partial charge in [0.05, 0.1) is 6.61 Å². The maximum absolute atomic E-state index is 11.9. The maximum atomic E-state index is 11.9. The Morgan fingerprint density at radius 2 is 2.20 bits per heavy atom. The fourth-order valence-corrected chi connectivity index (χ4v) is 0.934. The van der Waals surface area contributed by atoms with Crippen LogP contribution in [0.25, 0.3) is 0 Å². The molecule has 1 atom stereocenters. The van der Waals surface area contributed by atoms with Crippen molar-refractivity contribution in [1.82, 2.24) is 5.32 Å². The first kappa shape index (κ1) is 7.88. The number of rotatable bonds is 1. The van der Waals surface area contributed by atoms with E-state index in [4.69, 9.17) is 4.74 Å². The summed E-state index contributed by atoms with van der Waals surface area (Å²) in [6, 6.07) is 0. The first-order valence-corrected chi connectivity index (χ1v) is 3.41. The van der Waals surface area contributed by atoms with Crippen LogP contribution >= 0.6 is 0 Å². The van der Waals surface area contributed by atoms with Gasteiger partial charge in [-0.25, -0.2) is 8.78 Å². The molecule has 1 heterocycles. The smallest absolute Gasteiger partial charge is 0.264 e. The van der Waals surface area contributed by atoms with Crippen LogP contribution in [0, 0.1) is 0 Å². The Morgan fingerprint density at radius 1 is 1.40 bits per heavy atom. The van der Waals surface area contributed by atoms with E-state index in [-0.39, 0.29) is 0 Å². The Morgan fingerprint density at radius 3 is 2.90 bits per heavy atom. The molecular weight excluding hydrogens is 140 g/mol. The molecule has 0 spiro atoms. The molecule has 4 heteroatoms. The first-order chi connectivity index (χ1) is 4.80. The minimum Gasteiger partial charge on any atom is -0.371 e. The van der Waals surface area contributed by atoms with Crippen molar-refractivity contribution in [2.45, 2.75) is 19.0 Å². The van der Waals surface area contributed by atoms with Crippen LogP contribution in [0.15, 0.2) is 0 Å². The summed E-state index contributed by atoms with van der Waals surface area (Å²) >= 11 is 0. The highest BCUT2D eigenvalue weighted by atomic mass is 19.3. The van der Waals surface area contributed by atoms with Crippen LogP contribution in [-0.2, 0) is 4.74 Å². The van der Waals surface area contributed by atoms with Crippen molar-refractivity contribution in [3.05, 3.63) is 0 Å². The number of hydrogen-bond acceptors (Lipinski definition) is 2. The van der Waals surface area contributed by atoms with Crippen molar-refractivity contribution in [2.24, 2.45) is 0 Å². The zero-order valence-corrected chi connectivity index (χ0v) is 5.65. The molecule has 1 saturated heterocycles. The van der Waals surface area contributed by atoms with E-state index >= 15 is 0 Å². The standard InChI is InChI=1S/C6H11F2NO/c7-6(8)5-1-2-9-3-4-10-5/h5-6,9H,1-4H2. The van der Waals surface area contributed by atoms with E-state index in [2.05, 4.69) is 5.32 Å². The van der Waals surface area contributed by atoms with Gasteiger partial charge in [0.2, 0.25) is 0 Å². The third kappa shape index (κ3) is 2.19. The summed E-state index contributed by atoms with van der Waals surface area (Å²) in [5.41, 5.74) is 0. The Balaban J connectivity index is 2.28. The van der Waals surface area contributed by atoms with Crippen LogP contribution in [0.3, 0.4) is 0 Å². The molecular formula is C6H11F2NO. The van der Waals surface area contributed by atoms with Gasteiger partial charge in [-0.15, -0.1) is 0 Å². The minimum atomic E-state index is -2.33. The Labute approximate surface area is 58.6 Å². The van der Waals surface area contributed by atoms with Gasteiger partial charge >= 0.3 is 0 Å². The number of alkyl halides is 2. The molecule has 0 bridgehead atoms. The van der Waals surface area contributed by atoms with Crippen LogP contribution in [0.2, 0.25) is 0 Å². The van der Waals surface area contributed by atoms with Gasteiger partial charge in [-0.1, -0.05) is 0 Å². The summed E-state index contributed by atoms with van der Waals surface area (Å²) in [5.74, 6) is 0. The van der Waals surface area contributed by atoms with E-state index in [1.165, 1.54) is 0 Å². The van der Waals surface area contributed by atoms with Gasteiger partial charge in [0.1, 0.15) is 6.10 Å². The predicted octanol–water partition coefficient (Wildman–Crippen LogP) is 0.630. The summed E-state index contributed by atoms with van der Waals surface area (Å²) < 4.78 is 28.7. The highest BCUT2D eigenvalue weighted by molar-refractivity contribution is 4.66. The number of halogens is 2. The Bertz CT molecular complexity index is 91.7. The molecule has 0 aromatic heterocycles. The van der Waals surface area contributed by atoms with E-state index < -0.39 is 12.5 Å². The van der Waals surface area contributed by atoms with E-state index in [1.54, 1.807) is 0 Å². The van der Waals surface area contributed by atoms with Crippen LogP contribution in [0.4, 0.5) is 8.78 Å². The minimum absolute atomic E-state index is 0.398. The number of ether oxygens (including phenoxy) is 1. The van der Waals surface area contributed by atoms with Crippen LogP contribution < -0.4 is 5.32 Å². The molecule has 1 aliphatic heterocycles. The summed E-state index contributed by atoms with van der Waals surface area (Å²) in [6.07, 6.45) is -2.77. The van der Waals surface area contributed by atoms with Gasteiger partial charge in [0.25, 0.3) is 6.43 Å². The molecule has 1 fully saturated rings. The second-order valence-corrected chi connectivity index (χ2v) is 2.28. The van der Waals surface area contributed by atoms with E-state index in [1.807, 2.05) is 0 Å². The molecule has 1 rings (SSSR count). The second-order valence-electron chi connectivity index (χ2n) is 2.28. The van der Waals surface area contributed by atoms with Gasteiger partial charge in [-0.3, -0.25) is 0 Å². The molecule has 2 nitrogen and oxygen atoms in total. The number of hydrogen-bond donors (Lipinski definition) is 1. The summed E-state index contributed by atoms with van der Waals surface area (Å²) in [7, 11) is 0. The predicted molar refractivity (Wildman–Crippen MR) is 33.2 cm³/mol. The SMILES string of the molecule is FC(F)C1CCNCCO1. The van der Waals surface area contributed by atoms with Gasteiger partial charge in [-0.2, -0.15) is 0 Å². The lowest BCUT2D eigenvalue weighted by Gasteiger charge is -2.11. The van der Waals surface area contributed by atoms with Gasteiger partial charge in [-0.05, 0) is 13.0 Å². The molecule has 0 amide bonds. The fraction of sp³-hybridized carbons (Fsp3) is 1.00. The molecule has 0 radical (unpaired) electrons. The van der Waals surface area contributed by atoms with Crippen LogP contribution in [0.5, 0.6) is 0 Å². The third-order valence-electron chi connectivity index (χ3n) is 1.50. The molecule has 60 valence electrons. The molecule has 1 N–H and O–H groups in total. The maximum Gasteiger partial charge on any atom is 0.264 e. The van der Waals surface area contributed by atoms with Gasteiger partial charge in [0.15, 0.2) is 0 Å². The molecule has 0 aromatic carbocycles. The molecule has 0 aliphatic carbocycles. The topological polar surface area (TPSA) is 21.3 Å². The van der Waals surface area contributed by atoms with E-state index in [9.17, 15) is 8.78 Å². The van der Waals surface area contributed by atoms with Crippen molar-refractivity contribution in [3.8, 4) is 0 Å². The second kappa shape index (κ2) is 3.83. The monoisotopic (exact) mass is 151 g/mol. The molecule has 0 saturated carbocycles. The Kier molecular flexibility index (Phi) is 3.02. The summed E-state index contributed by atoms with van der Waals surface area (Å²) in [4.78, 5) is 0. The van der Waals surface area contributed by atoms with E-state index in [0.717, 1.165) is 0 Å². The van der Waals surface area contributed by atoms with Crippen molar-refractivity contribution in [3.63, 3.8) is 0 Å². The van der Waals surface area contributed by atoms with Crippen LogP contribution in [0.1, 0.15) is 6.42 Å². The first-order valence-electron chi connectivity index (χ1n) is 3.41. The molecule has 10 heavy (non-hydrogen) atoms. The molecule has 1 unspecified atom stereocenters. The van der Waals surface area contributed by atoms with Crippen LogP contribution in [-0.4, -0.2) is 32.2 Å². The lowest BCUT2D eigenvalue weighted by atomic mass is 10.2. The van der Waals surface area contributed by atoms with Gasteiger partial charge < -0.3 is 10.1 Å². The van der Waals surface area contributed by atoms with E-state index in [0.29, 0.717) is 26.1 Å². The third-order valence-corrected chi connectivity index (χ3v) is 1.50. The average molecular weight is 151 g/mol. The number of nitrogens with one attached hydrogen (secondary N) is 1. The zero-order valence-electron chi connectivity index (χ0n) is 5.65. The Hall–Kier alpha value is -0.220. The quantitative estimate of drug-likeness (QED) is 0.593. The zero-order chi connectivity index (χ0) is 7.40. The van der Waals surface area contributed by atoms with Crippen molar-refractivity contribution in [2.75, 3.05) is 19.7 Å². The normalized spacial score (nSPS) is 28.5.